The van der Waals surface area contributed by atoms with E-state index in [0.717, 1.165) is 0 Å². The van der Waals surface area contributed by atoms with Crippen molar-refractivity contribution in [1.29, 1.82) is 21.2 Å². The van der Waals surface area contributed by atoms with Crippen LogP contribution in [0.4, 0.5) is 4.39 Å². The van der Waals surface area contributed by atoms with Crippen LogP contribution in [0.25, 0.3) is 0 Å². The second-order valence-corrected chi connectivity index (χ2v) is 8.08. The summed E-state index contributed by atoms with van der Waals surface area (Å²) in [6.07, 6.45) is -0.694. The summed E-state index contributed by atoms with van der Waals surface area (Å²) in [6.45, 7) is 0.774. The van der Waals surface area contributed by atoms with Crippen LogP contribution in [0.3, 0.4) is 0 Å². The van der Waals surface area contributed by atoms with E-state index in [-0.39, 0.29) is 18.4 Å². The third-order valence-corrected chi connectivity index (χ3v) is 6.92. The molecule has 3 heterocycles. The number of nitrogens with zero attached hydrogens (tertiary/aromatic N) is 3. The highest BCUT2D eigenvalue weighted by Crippen LogP contribution is 2.70. The van der Waals surface area contributed by atoms with E-state index in [1.807, 2.05) is 12.1 Å². The molecule has 8 nitrogen and oxygen atoms in total. The van der Waals surface area contributed by atoms with Crippen LogP contribution >= 0.6 is 0 Å². The Morgan fingerprint density at radius 2 is 1.73 bits per heavy atom. The topological polar surface area (TPSA) is 132 Å². The van der Waals surface area contributed by atoms with Gasteiger partial charge in [0.05, 0.1) is 37.3 Å². The zero-order valence-corrected chi connectivity index (χ0v) is 15.9. The van der Waals surface area contributed by atoms with Gasteiger partial charge in [-0.15, -0.1) is 0 Å². The molecule has 0 aromatic heterocycles. The van der Waals surface area contributed by atoms with Gasteiger partial charge >= 0.3 is 0 Å². The molecule has 1 spiro atoms. The highest BCUT2D eigenvalue weighted by atomic mass is 19.1. The van der Waals surface area contributed by atoms with Crippen LogP contribution in [0.15, 0.2) is 24.3 Å². The monoisotopic (exact) mass is 408 g/mol. The van der Waals surface area contributed by atoms with Gasteiger partial charge < -0.3 is 18.9 Å². The summed E-state index contributed by atoms with van der Waals surface area (Å²) in [7, 11) is 0. The molecule has 1 saturated carbocycles. The molecule has 3 aliphatic heterocycles. The Balaban J connectivity index is 1.74. The highest BCUT2D eigenvalue weighted by molar-refractivity contribution is 5.89. The molecule has 0 amide bonds. The smallest absolute Gasteiger partial charge is 0.218 e. The first-order valence-electron chi connectivity index (χ1n) is 9.64. The molecular formula is C21H17FN4O4. The Hall–Kier alpha value is -3.03. The number of benzene rings is 1. The lowest BCUT2D eigenvalue weighted by Crippen LogP contribution is -2.63. The third-order valence-electron chi connectivity index (χ3n) is 6.92. The zero-order valence-electron chi connectivity index (χ0n) is 15.9. The quantitative estimate of drug-likeness (QED) is 0.755. The fraction of sp³-hybridized carbons (Fsp3) is 0.524. The van der Waals surface area contributed by atoms with Crippen molar-refractivity contribution in [2.75, 3.05) is 13.2 Å². The van der Waals surface area contributed by atoms with Crippen LogP contribution in [-0.2, 0) is 18.9 Å². The molecule has 4 unspecified atom stereocenters. The molecule has 5 rings (SSSR count). The SMILES string of the molecule is N#CC1(C#N)C(c2ccccc2F)OC23CCC4(CC2C1(C#N)C(=N)O3)OCCO4. The van der Waals surface area contributed by atoms with E-state index in [1.165, 1.54) is 18.2 Å². The predicted octanol–water partition coefficient (Wildman–Crippen LogP) is 2.69. The molecule has 2 bridgehead atoms. The van der Waals surface area contributed by atoms with Crippen molar-refractivity contribution in [2.45, 2.75) is 36.9 Å². The molecule has 4 atom stereocenters. The van der Waals surface area contributed by atoms with Gasteiger partial charge in [0.1, 0.15) is 11.9 Å². The molecule has 1 N–H and O–H groups in total. The molecule has 30 heavy (non-hydrogen) atoms. The van der Waals surface area contributed by atoms with Gasteiger partial charge in [0.2, 0.25) is 17.1 Å². The number of hydrogen-bond acceptors (Lipinski definition) is 8. The van der Waals surface area contributed by atoms with Crippen LogP contribution in [0.2, 0.25) is 0 Å². The Morgan fingerprint density at radius 1 is 1.03 bits per heavy atom. The number of nitriles is 3. The third kappa shape index (κ3) is 1.99. The molecule has 9 heteroatoms. The van der Waals surface area contributed by atoms with Gasteiger partial charge in [0, 0.05) is 24.8 Å². The van der Waals surface area contributed by atoms with Gasteiger partial charge in [-0.3, -0.25) is 5.41 Å². The minimum absolute atomic E-state index is 0.0231. The van der Waals surface area contributed by atoms with Gasteiger partial charge in [0.15, 0.2) is 11.2 Å². The molecule has 3 saturated heterocycles. The number of rotatable bonds is 1. The predicted molar refractivity (Wildman–Crippen MR) is 95.4 cm³/mol. The standard InChI is InChI=1S/C21H17FN4O4/c22-14-4-2-1-3-13(14)16-18(10-23,11-24)20(12-25)15-9-19(27-7-8-28-19)5-6-21(15,29-16)30-17(20)26/h1-4,15-16,26H,5-9H2. The van der Waals surface area contributed by atoms with E-state index >= 15 is 0 Å². The van der Waals surface area contributed by atoms with Crippen LogP contribution in [-0.4, -0.2) is 30.7 Å². The largest absolute Gasteiger partial charge is 0.447 e. The summed E-state index contributed by atoms with van der Waals surface area (Å²) >= 11 is 0. The van der Waals surface area contributed by atoms with E-state index < -0.39 is 46.1 Å². The first kappa shape index (κ1) is 19.0. The Kier molecular flexibility index (Phi) is 3.79. The van der Waals surface area contributed by atoms with Gasteiger partial charge in [-0.05, 0) is 6.07 Å². The second-order valence-electron chi connectivity index (χ2n) is 8.08. The molecule has 1 aromatic rings. The second kappa shape index (κ2) is 6.00. The average molecular weight is 408 g/mol. The maximum absolute atomic E-state index is 14.7. The first-order chi connectivity index (χ1) is 14.4. The van der Waals surface area contributed by atoms with E-state index in [4.69, 9.17) is 24.4 Å². The Labute approximate surface area is 171 Å². The van der Waals surface area contributed by atoms with Crippen LogP contribution in [0.5, 0.6) is 0 Å². The van der Waals surface area contributed by atoms with Crippen molar-refractivity contribution in [3.63, 3.8) is 0 Å². The van der Waals surface area contributed by atoms with Crippen molar-refractivity contribution in [1.82, 2.24) is 0 Å². The fourth-order valence-electron chi connectivity index (χ4n) is 5.52. The van der Waals surface area contributed by atoms with Crippen molar-refractivity contribution in [2.24, 2.45) is 16.7 Å². The molecule has 0 radical (unpaired) electrons. The Bertz CT molecular complexity index is 1050. The van der Waals surface area contributed by atoms with Crippen LogP contribution < -0.4 is 0 Å². The highest BCUT2D eigenvalue weighted by Gasteiger charge is 2.82. The molecule has 1 aliphatic carbocycles. The van der Waals surface area contributed by atoms with E-state index in [0.29, 0.717) is 19.6 Å². The normalized spacial score (nSPS) is 37.5. The summed E-state index contributed by atoms with van der Waals surface area (Å²) in [5.74, 6) is -4.46. The average Bonchev–Trinajstić information content (AvgIpc) is 3.28. The minimum Gasteiger partial charge on any atom is -0.447 e. The number of hydrogen-bond donors (Lipinski definition) is 1. The van der Waals surface area contributed by atoms with Gasteiger partial charge in [0.25, 0.3) is 0 Å². The van der Waals surface area contributed by atoms with Crippen LogP contribution in [0, 0.1) is 62.0 Å². The van der Waals surface area contributed by atoms with Crippen molar-refractivity contribution in [3.05, 3.63) is 35.6 Å². The molecule has 1 aromatic carbocycles. The minimum atomic E-state index is -2.21. The van der Waals surface area contributed by atoms with E-state index in [2.05, 4.69) is 6.07 Å². The maximum atomic E-state index is 14.7. The van der Waals surface area contributed by atoms with Gasteiger partial charge in [-0.1, -0.05) is 18.2 Å². The van der Waals surface area contributed by atoms with E-state index in [1.54, 1.807) is 6.07 Å². The van der Waals surface area contributed by atoms with Gasteiger partial charge in [-0.2, -0.15) is 15.8 Å². The summed E-state index contributed by atoms with van der Waals surface area (Å²) in [6, 6.07) is 11.6. The summed E-state index contributed by atoms with van der Waals surface area (Å²) in [5, 5.41) is 39.3. The number of nitrogens with one attached hydrogen (secondary N) is 1. The lowest BCUT2D eigenvalue weighted by molar-refractivity contribution is -0.331. The number of halogens is 1. The van der Waals surface area contributed by atoms with Crippen molar-refractivity contribution >= 4 is 5.90 Å². The zero-order chi connectivity index (χ0) is 21.2. The molecule has 4 aliphatic rings. The Morgan fingerprint density at radius 3 is 2.37 bits per heavy atom. The lowest BCUT2D eigenvalue weighted by atomic mass is 9.51. The van der Waals surface area contributed by atoms with Crippen LogP contribution in [0.1, 0.15) is 30.9 Å². The fourth-order valence-corrected chi connectivity index (χ4v) is 5.52. The molecule has 152 valence electrons. The van der Waals surface area contributed by atoms with Gasteiger partial charge in [-0.25, -0.2) is 4.39 Å². The van der Waals surface area contributed by atoms with Crippen molar-refractivity contribution < 1.29 is 23.3 Å². The summed E-state index contributed by atoms with van der Waals surface area (Å²) in [4.78, 5) is 0. The molecular weight excluding hydrogens is 391 g/mol. The lowest BCUT2D eigenvalue weighted by Gasteiger charge is -2.54. The first-order valence-corrected chi connectivity index (χ1v) is 9.64. The summed E-state index contributed by atoms with van der Waals surface area (Å²) < 4.78 is 38.4. The number of ether oxygens (including phenoxy) is 4. The molecule has 4 fully saturated rings. The summed E-state index contributed by atoms with van der Waals surface area (Å²) in [5.41, 5.74) is -4.20. The van der Waals surface area contributed by atoms with Crippen molar-refractivity contribution in [3.8, 4) is 18.2 Å². The maximum Gasteiger partial charge on any atom is 0.218 e. The van der Waals surface area contributed by atoms with E-state index in [9.17, 15) is 20.2 Å².